The second-order valence-corrected chi connectivity index (χ2v) is 5.71. The number of imidazole rings is 1. The molecule has 1 amide bonds. The Kier molecular flexibility index (Phi) is 5.25. The van der Waals surface area contributed by atoms with Crippen LogP contribution in [0.2, 0.25) is 0 Å². The first kappa shape index (κ1) is 15.1. The summed E-state index contributed by atoms with van der Waals surface area (Å²) in [4.78, 5) is 18.4. The van der Waals surface area contributed by atoms with Crippen LogP contribution < -0.4 is 0 Å². The third kappa shape index (κ3) is 3.24. The maximum atomic E-state index is 12.3. The Morgan fingerprint density at radius 1 is 1.60 bits per heavy atom. The number of aliphatic hydroxyl groups is 1. The van der Waals surface area contributed by atoms with Crippen LogP contribution in [0.5, 0.6) is 0 Å². The zero-order chi connectivity index (χ0) is 14.5. The lowest BCUT2D eigenvalue weighted by Crippen LogP contribution is -2.31. The van der Waals surface area contributed by atoms with Crippen LogP contribution in [0.1, 0.15) is 31.9 Å². The van der Waals surface area contributed by atoms with Crippen LogP contribution in [0, 0.1) is 0 Å². The number of nitrogens with zero attached hydrogens (tertiary/aromatic N) is 3. The van der Waals surface area contributed by atoms with Crippen molar-refractivity contribution in [3.8, 4) is 0 Å². The minimum Gasteiger partial charge on any atom is -0.390 e. The van der Waals surface area contributed by atoms with Gasteiger partial charge in [0.1, 0.15) is 0 Å². The first-order chi connectivity index (χ1) is 9.67. The van der Waals surface area contributed by atoms with Crippen molar-refractivity contribution < 1.29 is 9.90 Å². The molecule has 0 unspecified atom stereocenters. The fraction of sp³-hybridized carbons (Fsp3) is 0.571. The van der Waals surface area contributed by atoms with E-state index in [0.29, 0.717) is 12.3 Å². The Morgan fingerprint density at radius 3 is 2.95 bits per heavy atom. The number of rotatable bonds is 6. The van der Waals surface area contributed by atoms with Gasteiger partial charge in [-0.2, -0.15) is 0 Å². The van der Waals surface area contributed by atoms with E-state index >= 15 is 0 Å². The smallest absolute Gasteiger partial charge is 0.237 e. The Bertz CT molecular complexity index is 511. The highest BCUT2D eigenvalue weighted by molar-refractivity contribution is 7.99. The van der Waals surface area contributed by atoms with Gasteiger partial charge in [-0.15, -0.1) is 0 Å². The van der Waals surface area contributed by atoms with Crippen LogP contribution in [0.15, 0.2) is 23.1 Å². The molecule has 0 bridgehead atoms. The topological polar surface area (TPSA) is 58.4 Å². The van der Waals surface area contributed by atoms with Gasteiger partial charge in [-0.05, 0) is 26.2 Å². The van der Waals surface area contributed by atoms with E-state index in [1.165, 1.54) is 11.8 Å². The van der Waals surface area contributed by atoms with E-state index in [1.54, 1.807) is 6.20 Å². The Morgan fingerprint density at radius 2 is 2.40 bits per heavy atom. The Balaban J connectivity index is 1.95. The molecule has 1 aliphatic carbocycles. The van der Waals surface area contributed by atoms with E-state index < -0.39 is 0 Å². The monoisotopic (exact) mass is 295 g/mol. The third-order valence-corrected chi connectivity index (χ3v) is 4.54. The number of aliphatic hydroxyl groups excluding tert-OH is 1. The van der Waals surface area contributed by atoms with E-state index in [1.807, 2.05) is 23.4 Å². The standard InChI is InChI=1S/C14H21N3O2S/c1-3-17(11-6-4-5-7-11)13(19)10-20-14-15-8-12(9-18)16(14)2/h6,8,18H,3-5,7,9-10H2,1-2H3. The summed E-state index contributed by atoms with van der Waals surface area (Å²) in [6.45, 7) is 2.69. The van der Waals surface area contributed by atoms with Crippen LogP contribution in [-0.4, -0.2) is 37.8 Å². The number of amides is 1. The first-order valence-corrected chi connectivity index (χ1v) is 7.89. The van der Waals surface area contributed by atoms with Crippen LogP contribution in [0.25, 0.3) is 0 Å². The fourth-order valence-electron chi connectivity index (χ4n) is 2.35. The lowest BCUT2D eigenvalue weighted by molar-refractivity contribution is -0.126. The summed E-state index contributed by atoms with van der Waals surface area (Å²) >= 11 is 1.42. The molecule has 0 radical (unpaired) electrons. The van der Waals surface area contributed by atoms with Gasteiger partial charge >= 0.3 is 0 Å². The van der Waals surface area contributed by atoms with E-state index in [4.69, 9.17) is 5.11 Å². The highest BCUT2D eigenvalue weighted by Gasteiger charge is 2.19. The van der Waals surface area contributed by atoms with Crippen LogP contribution in [0.4, 0.5) is 0 Å². The van der Waals surface area contributed by atoms with Gasteiger partial charge in [-0.25, -0.2) is 4.98 Å². The zero-order valence-corrected chi connectivity index (χ0v) is 12.8. The molecule has 0 saturated heterocycles. The van der Waals surface area contributed by atoms with E-state index in [0.717, 1.165) is 35.8 Å². The van der Waals surface area contributed by atoms with Gasteiger partial charge in [-0.3, -0.25) is 4.79 Å². The summed E-state index contributed by atoms with van der Waals surface area (Å²) in [5.74, 6) is 0.500. The highest BCUT2D eigenvalue weighted by Crippen LogP contribution is 2.23. The van der Waals surface area contributed by atoms with Crippen molar-refractivity contribution >= 4 is 17.7 Å². The van der Waals surface area contributed by atoms with Crippen molar-refractivity contribution in [3.63, 3.8) is 0 Å². The molecule has 6 heteroatoms. The molecular formula is C14H21N3O2S. The van der Waals surface area contributed by atoms with Gasteiger partial charge < -0.3 is 14.6 Å². The van der Waals surface area contributed by atoms with Gasteiger partial charge in [0.15, 0.2) is 5.16 Å². The van der Waals surface area contributed by atoms with Crippen LogP contribution in [0.3, 0.4) is 0 Å². The van der Waals surface area contributed by atoms with Crippen molar-refractivity contribution in [2.45, 2.75) is 37.9 Å². The summed E-state index contributed by atoms with van der Waals surface area (Å²) in [6.07, 6.45) is 7.03. The maximum Gasteiger partial charge on any atom is 0.237 e. The summed E-state index contributed by atoms with van der Waals surface area (Å²) in [5.41, 5.74) is 1.92. The summed E-state index contributed by atoms with van der Waals surface area (Å²) in [7, 11) is 1.85. The molecule has 5 nitrogen and oxygen atoms in total. The van der Waals surface area contributed by atoms with Gasteiger partial charge in [0.05, 0.1) is 24.3 Å². The summed E-state index contributed by atoms with van der Waals surface area (Å²) in [6, 6.07) is 0. The average Bonchev–Trinajstić information content (AvgIpc) is 3.07. The van der Waals surface area contributed by atoms with E-state index in [2.05, 4.69) is 11.1 Å². The molecule has 0 atom stereocenters. The van der Waals surface area contributed by atoms with Gasteiger partial charge in [0.2, 0.25) is 5.91 Å². The SMILES string of the molecule is CCN(C(=O)CSc1ncc(CO)n1C)C1=CCCC1. The zero-order valence-electron chi connectivity index (χ0n) is 12.0. The molecule has 2 rings (SSSR count). The molecule has 0 aliphatic heterocycles. The molecule has 1 aromatic rings. The number of carbonyl (C=O) groups is 1. The van der Waals surface area contributed by atoms with Gasteiger partial charge in [0.25, 0.3) is 0 Å². The minimum absolute atomic E-state index is 0.0357. The second kappa shape index (κ2) is 6.95. The maximum absolute atomic E-state index is 12.3. The number of thioether (sulfide) groups is 1. The number of allylic oxidation sites excluding steroid dienone is 2. The van der Waals surface area contributed by atoms with Crippen molar-refractivity contribution in [2.24, 2.45) is 7.05 Å². The third-order valence-electron chi connectivity index (χ3n) is 3.51. The number of aromatic nitrogens is 2. The van der Waals surface area contributed by atoms with Crippen molar-refractivity contribution in [3.05, 3.63) is 23.7 Å². The molecule has 0 aromatic carbocycles. The minimum atomic E-state index is -0.0357. The molecule has 1 aromatic heterocycles. The van der Waals surface area contributed by atoms with E-state index in [-0.39, 0.29) is 12.5 Å². The molecular weight excluding hydrogens is 274 g/mol. The predicted octanol–water partition coefficient (Wildman–Crippen LogP) is 1.92. The average molecular weight is 295 g/mol. The normalized spacial score (nSPS) is 14.4. The molecule has 0 fully saturated rings. The van der Waals surface area contributed by atoms with Crippen molar-refractivity contribution in [1.82, 2.24) is 14.5 Å². The van der Waals surface area contributed by atoms with Crippen molar-refractivity contribution in [1.29, 1.82) is 0 Å². The largest absolute Gasteiger partial charge is 0.390 e. The van der Waals surface area contributed by atoms with Crippen molar-refractivity contribution in [2.75, 3.05) is 12.3 Å². The highest BCUT2D eigenvalue weighted by atomic mass is 32.2. The fourth-order valence-corrected chi connectivity index (χ4v) is 3.20. The first-order valence-electron chi connectivity index (χ1n) is 6.91. The Hall–Kier alpha value is -1.27. The van der Waals surface area contributed by atoms with Crippen LogP contribution >= 0.6 is 11.8 Å². The molecule has 20 heavy (non-hydrogen) atoms. The molecule has 110 valence electrons. The molecule has 1 aliphatic rings. The number of hydrogen-bond donors (Lipinski definition) is 1. The summed E-state index contributed by atoms with van der Waals surface area (Å²) in [5, 5.41) is 9.89. The molecule has 1 N–H and O–H groups in total. The summed E-state index contributed by atoms with van der Waals surface area (Å²) < 4.78 is 1.82. The molecule has 1 heterocycles. The lowest BCUT2D eigenvalue weighted by atomic mass is 10.3. The molecule has 0 saturated carbocycles. The molecule has 0 spiro atoms. The lowest BCUT2D eigenvalue weighted by Gasteiger charge is -2.22. The van der Waals surface area contributed by atoms with Crippen LogP contribution in [-0.2, 0) is 18.4 Å². The quantitative estimate of drug-likeness (QED) is 0.815. The second-order valence-electron chi connectivity index (χ2n) is 4.76. The number of hydrogen-bond acceptors (Lipinski definition) is 4. The van der Waals surface area contributed by atoms with Gasteiger partial charge in [0, 0.05) is 19.3 Å². The van der Waals surface area contributed by atoms with E-state index in [9.17, 15) is 4.79 Å². The number of carbonyl (C=O) groups excluding carboxylic acids is 1. The predicted molar refractivity (Wildman–Crippen MR) is 79.2 cm³/mol. The van der Waals surface area contributed by atoms with Gasteiger partial charge in [-0.1, -0.05) is 17.8 Å². The Labute approximate surface area is 123 Å².